The molecule has 0 bridgehead atoms. The van der Waals surface area contributed by atoms with Crippen molar-refractivity contribution in [3.8, 4) is 0 Å². The Balaban J connectivity index is 2.44. The van der Waals surface area contributed by atoms with E-state index in [1.165, 1.54) is 0 Å². The highest BCUT2D eigenvalue weighted by molar-refractivity contribution is 5.80. The van der Waals surface area contributed by atoms with Crippen LogP contribution in [-0.4, -0.2) is 28.2 Å². The highest BCUT2D eigenvalue weighted by Gasteiger charge is 2.12. The maximum absolute atomic E-state index is 11.6. The van der Waals surface area contributed by atoms with Crippen LogP contribution in [0.25, 0.3) is 0 Å². The quantitative estimate of drug-likeness (QED) is 0.781. The predicted molar refractivity (Wildman–Crippen MR) is 65.5 cm³/mol. The first-order chi connectivity index (χ1) is 8.19. The molecule has 17 heavy (non-hydrogen) atoms. The lowest BCUT2D eigenvalue weighted by atomic mass is 10.3. The first-order valence-corrected chi connectivity index (χ1v) is 6.08. The zero-order valence-corrected chi connectivity index (χ0v) is 10.8. The Morgan fingerprint density at radius 1 is 1.59 bits per heavy atom. The third-order valence-electron chi connectivity index (χ3n) is 2.47. The first-order valence-electron chi connectivity index (χ1n) is 6.08. The average Bonchev–Trinajstić information content (AvgIpc) is 2.74. The molecule has 0 aromatic carbocycles. The molecule has 0 saturated heterocycles. The molecule has 0 saturated carbocycles. The molecule has 0 fully saturated rings. The Kier molecular flexibility index (Phi) is 5.69. The lowest BCUT2D eigenvalue weighted by Gasteiger charge is -2.12. The van der Waals surface area contributed by atoms with E-state index >= 15 is 0 Å². The Hall–Kier alpha value is -1.36. The van der Waals surface area contributed by atoms with Gasteiger partial charge in [0.25, 0.3) is 0 Å². The van der Waals surface area contributed by atoms with Crippen LogP contribution in [-0.2, 0) is 22.6 Å². The summed E-state index contributed by atoms with van der Waals surface area (Å²) < 4.78 is 7.26. The monoisotopic (exact) mass is 239 g/mol. The van der Waals surface area contributed by atoms with Gasteiger partial charge in [-0.05, 0) is 20.3 Å². The fourth-order valence-corrected chi connectivity index (χ4v) is 1.59. The van der Waals surface area contributed by atoms with Gasteiger partial charge in [0.05, 0.1) is 6.54 Å². The lowest BCUT2D eigenvalue weighted by Crippen LogP contribution is -2.34. The Morgan fingerprint density at radius 2 is 2.35 bits per heavy atom. The van der Waals surface area contributed by atoms with Crippen LogP contribution in [0.4, 0.5) is 0 Å². The van der Waals surface area contributed by atoms with E-state index in [9.17, 15) is 4.79 Å². The van der Waals surface area contributed by atoms with E-state index in [0.717, 1.165) is 18.8 Å². The van der Waals surface area contributed by atoms with Crippen molar-refractivity contribution in [3.05, 3.63) is 18.2 Å². The molecular formula is C12H21N3O2. The Morgan fingerprint density at radius 3 is 3.00 bits per heavy atom. The minimum atomic E-state index is -0.408. The van der Waals surface area contributed by atoms with Crippen molar-refractivity contribution in [2.24, 2.45) is 0 Å². The first kappa shape index (κ1) is 13.7. The van der Waals surface area contributed by atoms with E-state index in [2.05, 4.69) is 17.2 Å². The molecule has 1 N–H and O–H groups in total. The highest BCUT2D eigenvalue weighted by Crippen LogP contribution is 1.99. The third kappa shape index (κ3) is 4.19. The van der Waals surface area contributed by atoms with Crippen LogP contribution in [0.2, 0.25) is 0 Å². The fraction of sp³-hybridized carbons (Fsp3) is 0.667. The molecule has 5 nitrogen and oxygen atoms in total. The van der Waals surface area contributed by atoms with Crippen LogP contribution in [0.15, 0.2) is 12.4 Å². The van der Waals surface area contributed by atoms with Crippen LogP contribution < -0.4 is 5.32 Å². The van der Waals surface area contributed by atoms with Crippen molar-refractivity contribution < 1.29 is 9.53 Å². The predicted octanol–water partition coefficient (Wildman–Crippen LogP) is 1.33. The topological polar surface area (TPSA) is 56.2 Å². The Bertz CT molecular complexity index is 349. The number of amides is 1. The smallest absolute Gasteiger partial charge is 0.249 e. The number of carbonyl (C=O) groups is 1. The van der Waals surface area contributed by atoms with E-state index in [1.54, 1.807) is 13.1 Å². The molecule has 0 aliphatic carbocycles. The number of hydrogen-bond donors (Lipinski definition) is 1. The van der Waals surface area contributed by atoms with Gasteiger partial charge in [0, 0.05) is 25.5 Å². The number of ether oxygens (including phenoxy) is 1. The number of aryl methyl sites for hydroxylation is 1. The standard InChI is InChI=1S/C12H21N3O2/c1-4-7-15-8-6-13-11(15)9-14-12(16)10(3)17-5-2/h6,8,10H,4-5,7,9H2,1-3H3,(H,14,16)/t10-/m1/s1. The molecule has 1 atom stereocenters. The molecule has 0 aliphatic heterocycles. The summed E-state index contributed by atoms with van der Waals surface area (Å²) in [5, 5.41) is 2.82. The molecule has 0 radical (unpaired) electrons. The molecule has 1 aromatic rings. The van der Waals surface area contributed by atoms with Gasteiger partial charge in [0.2, 0.25) is 5.91 Å². The van der Waals surface area contributed by atoms with Crippen molar-refractivity contribution in [3.63, 3.8) is 0 Å². The van der Waals surface area contributed by atoms with E-state index < -0.39 is 6.10 Å². The van der Waals surface area contributed by atoms with Crippen LogP contribution in [0.1, 0.15) is 33.0 Å². The number of carbonyl (C=O) groups excluding carboxylic acids is 1. The molecule has 5 heteroatoms. The van der Waals surface area contributed by atoms with Crippen molar-refractivity contribution in [2.75, 3.05) is 6.61 Å². The molecule has 1 amide bonds. The van der Waals surface area contributed by atoms with Gasteiger partial charge in [-0.3, -0.25) is 4.79 Å². The van der Waals surface area contributed by atoms with Crippen molar-refractivity contribution in [2.45, 2.75) is 46.4 Å². The third-order valence-corrected chi connectivity index (χ3v) is 2.47. The molecule has 1 rings (SSSR count). The van der Waals surface area contributed by atoms with E-state index in [1.807, 2.05) is 17.7 Å². The average molecular weight is 239 g/mol. The molecule has 96 valence electrons. The summed E-state index contributed by atoms with van der Waals surface area (Å²) in [5.41, 5.74) is 0. The number of hydrogen-bond acceptors (Lipinski definition) is 3. The largest absolute Gasteiger partial charge is 0.369 e. The zero-order chi connectivity index (χ0) is 12.7. The van der Waals surface area contributed by atoms with Gasteiger partial charge >= 0.3 is 0 Å². The SMILES string of the molecule is CCCn1ccnc1CNC(=O)[C@@H](C)OCC. The van der Waals surface area contributed by atoms with Crippen molar-refractivity contribution in [1.82, 2.24) is 14.9 Å². The summed E-state index contributed by atoms with van der Waals surface area (Å²) in [6.07, 6.45) is 4.32. The van der Waals surface area contributed by atoms with Crippen LogP contribution in [0, 0.1) is 0 Å². The number of aromatic nitrogens is 2. The minimum absolute atomic E-state index is 0.0992. The van der Waals surface area contributed by atoms with E-state index in [0.29, 0.717) is 13.2 Å². The number of nitrogens with zero attached hydrogens (tertiary/aromatic N) is 2. The summed E-state index contributed by atoms with van der Waals surface area (Å²) in [4.78, 5) is 15.8. The summed E-state index contributed by atoms with van der Waals surface area (Å²) in [5.74, 6) is 0.779. The van der Waals surface area contributed by atoms with Gasteiger partial charge in [-0.2, -0.15) is 0 Å². The molecule has 1 heterocycles. The van der Waals surface area contributed by atoms with Crippen LogP contribution in [0.3, 0.4) is 0 Å². The van der Waals surface area contributed by atoms with Crippen molar-refractivity contribution >= 4 is 5.91 Å². The van der Waals surface area contributed by atoms with Crippen LogP contribution in [0.5, 0.6) is 0 Å². The Labute approximate surface area is 102 Å². The van der Waals surface area contributed by atoms with Crippen molar-refractivity contribution in [1.29, 1.82) is 0 Å². The van der Waals surface area contributed by atoms with E-state index in [-0.39, 0.29) is 5.91 Å². The molecule has 0 aliphatic rings. The summed E-state index contributed by atoms with van der Waals surface area (Å²) in [7, 11) is 0. The second-order valence-electron chi connectivity index (χ2n) is 3.85. The second kappa shape index (κ2) is 7.06. The van der Waals surface area contributed by atoms with Gasteiger partial charge in [0.1, 0.15) is 11.9 Å². The summed E-state index contributed by atoms with van der Waals surface area (Å²) in [6.45, 7) is 7.64. The molecule has 0 unspecified atom stereocenters. The normalized spacial score (nSPS) is 12.4. The van der Waals surface area contributed by atoms with Gasteiger partial charge < -0.3 is 14.6 Å². The maximum Gasteiger partial charge on any atom is 0.249 e. The molecule has 0 spiro atoms. The highest BCUT2D eigenvalue weighted by atomic mass is 16.5. The van der Waals surface area contributed by atoms with Gasteiger partial charge in [-0.15, -0.1) is 0 Å². The second-order valence-corrected chi connectivity index (χ2v) is 3.85. The zero-order valence-electron chi connectivity index (χ0n) is 10.8. The molecular weight excluding hydrogens is 218 g/mol. The summed E-state index contributed by atoms with van der Waals surface area (Å²) in [6, 6.07) is 0. The van der Waals surface area contributed by atoms with Gasteiger partial charge in [-0.1, -0.05) is 6.92 Å². The number of nitrogens with one attached hydrogen (secondary N) is 1. The van der Waals surface area contributed by atoms with Gasteiger partial charge in [0.15, 0.2) is 0 Å². The van der Waals surface area contributed by atoms with Crippen LogP contribution >= 0.6 is 0 Å². The summed E-state index contributed by atoms with van der Waals surface area (Å²) >= 11 is 0. The van der Waals surface area contributed by atoms with E-state index in [4.69, 9.17) is 4.74 Å². The maximum atomic E-state index is 11.6. The lowest BCUT2D eigenvalue weighted by molar-refractivity contribution is -0.131. The number of imidazole rings is 1. The fourth-order valence-electron chi connectivity index (χ4n) is 1.59. The molecule has 1 aromatic heterocycles. The van der Waals surface area contributed by atoms with Gasteiger partial charge in [-0.25, -0.2) is 4.98 Å². The minimum Gasteiger partial charge on any atom is -0.369 e. The number of rotatable bonds is 7.